The number of nitriles is 1. The standard InChI is InChI=1S/C12H13FN2O3S.C6H5ClO/c13-10-1-2-11(9(5-10)6-14)19(18)15-4-3-12(17,7-15)8-16;7-5-1-3-6(8)4-2-5/h1-2,5,16-17H,3-4,7-8H2;1-4,8H. The molecule has 2 aromatic carbocycles. The van der Waals surface area contributed by atoms with Crippen LogP contribution in [0.2, 0.25) is 5.02 Å². The van der Waals surface area contributed by atoms with Gasteiger partial charge in [0.05, 0.1) is 17.1 Å². The average Bonchev–Trinajstić information content (AvgIpc) is 3.07. The third-order valence-electron chi connectivity index (χ3n) is 3.90. The molecule has 2 unspecified atom stereocenters. The fourth-order valence-corrected chi connectivity index (χ4v) is 3.91. The molecule has 1 aliphatic rings. The number of aliphatic hydroxyl groups excluding tert-OH is 1. The van der Waals surface area contributed by atoms with Gasteiger partial charge in [-0.25, -0.2) is 12.9 Å². The number of nitrogens with zero attached hydrogens (tertiary/aromatic N) is 2. The van der Waals surface area contributed by atoms with Gasteiger partial charge in [-0.1, -0.05) is 11.6 Å². The Morgan fingerprint density at radius 3 is 2.48 bits per heavy atom. The predicted molar refractivity (Wildman–Crippen MR) is 98.9 cm³/mol. The quantitative estimate of drug-likeness (QED) is 0.716. The fraction of sp³-hybridized carbons (Fsp3) is 0.278. The van der Waals surface area contributed by atoms with Crippen molar-refractivity contribution in [3.05, 3.63) is 58.9 Å². The Labute approximate surface area is 163 Å². The second kappa shape index (κ2) is 9.26. The van der Waals surface area contributed by atoms with Crippen molar-refractivity contribution in [3.8, 4) is 11.8 Å². The number of β-amino-alcohol motifs (C(OH)–C–C–N with tert-alkyl or cyclic N) is 1. The Morgan fingerprint density at radius 1 is 1.30 bits per heavy atom. The molecule has 0 radical (unpaired) electrons. The summed E-state index contributed by atoms with van der Waals surface area (Å²) in [6.07, 6.45) is 0.304. The first kappa shape index (κ1) is 21.3. The molecule has 27 heavy (non-hydrogen) atoms. The highest BCUT2D eigenvalue weighted by Crippen LogP contribution is 2.26. The van der Waals surface area contributed by atoms with E-state index >= 15 is 0 Å². The number of aliphatic hydroxyl groups is 2. The van der Waals surface area contributed by atoms with Gasteiger partial charge in [-0.2, -0.15) is 5.26 Å². The Kier molecular flexibility index (Phi) is 7.30. The lowest BCUT2D eigenvalue weighted by Gasteiger charge is -2.20. The molecule has 1 fully saturated rings. The summed E-state index contributed by atoms with van der Waals surface area (Å²) in [7, 11) is -1.65. The molecule has 2 aromatic rings. The SMILES string of the molecule is N#Cc1cc(F)ccc1S(=O)N1CCC(O)(CO)C1.Oc1ccc(Cl)cc1. The Bertz CT molecular complexity index is 838. The summed E-state index contributed by atoms with van der Waals surface area (Å²) in [5.74, 6) is -0.319. The van der Waals surface area contributed by atoms with Gasteiger partial charge in [0.15, 0.2) is 0 Å². The van der Waals surface area contributed by atoms with E-state index in [1.807, 2.05) is 0 Å². The van der Waals surface area contributed by atoms with Crippen molar-refractivity contribution in [2.75, 3.05) is 19.7 Å². The number of rotatable bonds is 3. The number of aromatic hydroxyl groups is 1. The first-order valence-corrected chi connectivity index (χ1v) is 9.41. The molecule has 1 saturated heterocycles. The van der Waals surface area contributed by atoms with Crippen molar-refractivity contribution in [3.63, 3.8) is 0 Å². The van der Waals surface area contributed by atoms with Gasteiger partial charge >= 0.3 is 0 Å². The summed E-state index contributed by atoms with van der Waals surface area (Å²) < 4.78 is 26.8. The number of hydrogen-bond acceptors (Lipinski definition) is 5. The highest BCUT2D eigenvalue weighted by atomic mass is 35.5. The molecule has 0 amide bonds. The van der Waals surface area contributed by atoms with Crippen molar-refractivity contribution in [1.29, 1.82) is 5.26 Å². The van der Waals surface area contributed by atoms with E-state index in [1.54, 1.807) is 30.3 Å². The van der Waals surface area contributed by atoms with Crippen molar-refractivity contribution in [2.24, 2.45) is 0 Å². The molecule has 2 atom stereocenters. The van der Waals surface area contributed by atoms with Crippen molar-refractivity contribution in [1.82, 2.24) is 4.31 Å². The second-order valence-corrected chi connectivity index (χ2v) is 7.86. The first-order chi connectivity index (χ1) is 12.8. The van der Waals surface area contributed by atoms with Crippen LogP contribution in [-0.4, -0.2) is 49.1 Å². The van der Waals surface area contributed by atoms with Crippen molar-refractivity contribution < 1.29 is 23.9 Å². The van der Waals surface area contributed by atoms with Gasteiger partial charge in [0.2, 0.25) is 0 Å². The van der Waals surface area contributed by atoms with Crippen LogP contribution in [0.25, 0.3) is 0 Å². The van der Waals surface area contributed by atoms with Crippen LogP contribution < -0.4 is 0 Å². The topological polar surface area (TPSA) is 105 Å². The van der Waals surface area contributed by atoms with Crippen LogP contribution in [0.4, 0.5) is 4.39 Å². The molecule has 1 aliphatic heterocycles. The lowest BCUT2D eigenvalue weighted by atomic mass is 10.1. The molecule has 0 aliphatic carbocycles. The minimum atomic E-state index is -1.65. The molecule has 0 aromatic heterocycles. The lowest BCUT2D eigenvalue weighted by Crippen LogP contribution is -2.37. The molecule has 0 saturated carbocycles. The predicted octanol–water partition coefficient (Wildman–Crippen LogP) is 2.19. The van der Waals surface area contributed by atoms with E-state index in [0.717, 1.165) is 12.1 Å². The highest BCUT2D eigenvalue weighted by molar-refractivity contribution is 7.82. The minimum absolute atomic E-state index is 0.0118. The van der Waals surface area contributed by atoms with Crippen LogP contribution in [0.3, 0.4) is 0 Å². The molecule has 0 spiro atoms. The van der Waals surface area contributed by atoms with E-state index in [0.29, 0.717) is 18.0 Å². The normalized spacial score (nSPS) is 20.4. The van der Waals surface area contributed by atoms with Crippen molar-refractivity contribution >= 4 is 22.6 Å². The summed E-state index contributed by atoms with van der Waals surface area (Å²) in [6, 6.07) is 11.6. The fourth-order valence-electron chi connectivity index (χ4n) is 2.41. The molecule has 3 rings (SSSR count). The zero-order chi connectivity index (χ0) is 20.0. The average molecular weight is 413 g/mol. The Balaban J connectivity index is 0.000000273. The maximum atomic E-state index is 13.0. The molecule has 9 heteroatoms. The van der Waals surface area contributed by atoms with Crippen LogP contribution in [0, 0.1) is 17.1 Å². The van der Waals surface area contributed by atoms with Gasteiger partial charge in [0.1, 0.15) is 34.2 Å². The molecule has 6 nitrogen and oxygen atoms in total. The summed E-state index contributed by atoms with van der Waals surface area (Å²) in [4.78, 5) is 0.214. The molecule has 1 heterocycles. The van der Waals surface area contributed by atoms with E-state index in [9.17, 15) is 13.7 Å². The zero-order valence-corrected chi connectivity index (χ0v) is 15.8. The summed E-state index contributed by atoms with van der Waals surface area (Å²) in [5, 5.41) is 37.2. The Hall–Kier alpha value is -2.02. The van der Waals surface area contributed by atoms with Gasteiger partial charge in [-0.05, 0) is 48.9 Å². The molecule has 144 valence electrons. The van der Waals surface area contributed by atoms with E-state index in [4.69, 9.17) is 27.1 Å². The summed E-state index contributed by atoms with van der Waals surface area (Å²) in [5.41, 5.74) is -1.25. The number of hydrogen-bond donors (Lipinski definition) is 3. The van der Waals surface area contributed by atoms with Gasteiger partial charge in [-0.3, -0.25) is 0 Å². The van der Waals surface area contributed by atoms with Crippen LogP contribution in [-0.2, 0) is 11.0 Å². The zero-order valence-electron chi connectivity index (χ0n) is 14.2. The van der Waals surface area contributed by atoms with Crippen LogP contribution >= 0.6 is 11.6 Å². The first-order valence-electron chi connectivity index (χ1n) is 7.92. The number of benzene rings is 2. The second-order valence-electron chi connectivity index (χ2n) is 5.97. The van der Waals surface area contributed by atoms with E-state index in [1.165, 1.54) is 10.4 Å². The van der Waals surface area contributed by atoms with Gasteiger partial charge < -0.3 is 15.3 Å². The number of halogens is 2. The largest absolute Gasteiger partial charge is 0.508 e. The van der Waals surface area contributed by atoms with E-state index in [-0.39, 0.29) is 22.8 Å². The van der Waals surface area contributed by atoms with Crippen LogP contribution in [0.5, 0.6) is 5.75 Å². The van der Waals surface area contributed by atoms with Crippen molar-refractivity contribution in [2.45, 2.75) is 16.9 Å². The minimum Gasteiger partial charge on any atom is -0.508 e. The van der Waals surface area contributed by atoms with Crippen LogP contribution in [0.15, 0.2) is 47.4 Å². The smallest absolute Gasteiger partial charge is 0.129 e. The molecule has 0 bridgehead atoms. The maximum Gasteiger partial charge on any atom is 0.129 e. The Morgan fingerprint density at radius 2 is 1.96 bits per heavy atom. The van der Waals surface area contributed by atoms with Gasteiger partial charge in [-0.15, -0.1) is 0 Å². The summed E-state index contributed by atoms with van der Waals surface area (Å²) >= 11 is 5.50. The van der Waals surface area contributed by atoms with Gasteiger partial charge in [0.25, 0.3) is 0 Å². The lowest BCUT2D eigenvalue weighted by molar-refractivity contribution is -0.000503. The molecular formula is C18H18ClFN2O4S. The number of phenols is 1. The molecule has 3 N–H and O–H groups in total. The third kappa shape index (κ3) is 5.73. The van der Waals surface area contributed by atoms with Gasteiger partial charge in [0, 0.05) is 18.1 Å². The van der Waals surface area contributed by atoms with E-state index < -0.39 is 29.0 Å². The third-order valence-corrected chi connectivity index (χ3v) is 5.67. The van der Waals surface area contributed by atoms with Crippen LogP contribution in [0.1, 0.15) is 12.0 Å². The van der Waals surface area contributed by atoms with E-state index in [2.05, 4.69) is 0 Å². The highest BCUT2D eigenvalue weighted by Gasteiger charge is 2.38. The number of phenolic OH excluding ortho intramolecular Hbond substituents is 1. The monoisotopic (exact) mass is 412 g/mol. The summed E-state index contributed by atoms with van der Waals surface area (Å²) in [6.45, 7) is -0.0144. The molecular weight excluding hydrogens is 395 g/mol. The maximum absolute atomic E-state index is 13.0.